The molecule has 1 aromatic carbocycles. The summed E-state index contributed by atoms with van der Waals surface area (Å²) in [5.41, 5.74) is 1.18. The number of guanidine groups is 1. The van der Waals surface area contributed by atoms with Crippen LogP contribution in [0.4, 0.5) is 0 Å². The molecule has 1 saturated heterocycles. The van der Waals surface area contributed by atoms with Crippen LogP contribution in [0.15, 0.2) is 29.3 Å². The monoisotopic (exact) mass is 476 g/mol. The van der Waals surface area contributed by atoms with Gasteiger partial charge in [0.15, 0.2) is 5.96 Å². The van der Waals surface area contributed by atoms with E-state index in [0.717, 1.165) is 57.5 Å². The number of nitrogens with zero attached hydrogens (tertiary/aromatic N) is 2. The minimum absolute atomic E-state index is 0. The fraction of sp³-hybridized carbons (Fsp3) is 0.632. The lowest BCUT2D eigenvalue weighted by Crippen LogP contribution is -2.41. The summed E-state index contributed by atoms with van der Waals surface area (Å²) in [6.07, 6.45) is 1.06. The maximum absolute atomic E-state index is 5.91. The Kier molecular flexibility index (Phi) is 11.6. The van der Waals surface area contributed by atoms with Crippen molar-refractivity contribution < 1.29 is 9.47 Å². The average molecular weight is 476 g/mol. The lowest BCUT2D eigenvalue weighted by molar-refractivity contribution is 0.0322. The predicted octanol–water partition coefficient (Wildman–Crippen LogP) is 2.48. The molecule has 1 heterocycles. The van der Waals surface area contributed by atoms with Gasteiger partial charge in [-0.3, -0.25) is 9.89 Å². The Morgan fingerprint density at radius 2 is 2.12 bits per heavy atom. The molecule has 1 atom stereocenters. The molecule has 1 aliphatic rings. The Hall–Kier alpha value is -1.06. The number of halogens is 1. The zero-order chi connectivity index (χ0) is 17.9. The van der Waals surface area contributed by atoms with Gasteiger partial charge in [0.2, 0.25) is 0 Å². The van der Waals surface area contributed by atoms with Crippen LogP contribution in [0.3, 0.4) is 0 Å². The van der Waals surface area contributed by atoms with Crippen molar-refractivity contribution in [2.45, 2.75) is 32.9 Å². The maximum atomic E-state index is 5.91. The first kappa shape index (κ1) is 23.0. The van der Waals surface area contributed by atoms with E-state index in [9.17, 15) is 0 Å². The minimum atomic E-state index is 0. The van der Waals surface area contributed by atoms with Crippen LogP contribution in [0.5, 0.6) is 5.75 Å². The molecule has 0 aromatic heterocycles. The van der Waals surface area contributed by atoms with Gasteiger partial charge in [0, 0.05) is 39.3 Å². The van der Waals surface area contributed by atoms with Crippen molar-refractivity contribution in [3.8, 4) is 5.75 Å². The normalized spacial score (nSPS) is 16.5. The summed E-state index contributed by atoms with van der Waals surface area (Å²) in [4.78, 5) is 6.64. The summed E-state index contributed by atoms with van der Waals surface area (Å²) in [5, 5.41) is 6.71. The number of benzene rings is 1. The van der Waals surface area contributed by atoms with Crippen LogP contribution in [-0.4, -0.2) is 63.4 Å². The summed E-state index contributed by atoms with van der Waals surface area (Å²) in [5.74, 6) is 1.74. The molecule has 0 saturated carbocycles. The van der Waals surface area contributed by atoms with Gasteiger partial charge in [0.1, 0.15) is 12.4 Å². The predicted molar refractivity (Wildman–Crippen MR) is 118 cm³/mol. The molecule has 26 heavy (non-hydrogen) atoms. The third kappa shape index (κ3) is 8.55. The van der Waals surface area contributed by atoms with Gasteiger partial charge in [-0.2, -0.15) is 0 Å². The van der Waals surface area contributed by atoms with Gasteiger partial charge in [-0.15, -0.1) is 24.0 Å². The fourth-order valence-electron chi connectivity index (χ4n) is 2.58. The quantitative estimate of drug-likeness (QED) is 0.343. The molecule has 0 aliphatic carbocycles. The molecule has 2 rings (SSSR count). The SMILES string of the molecule is CCC(C)NC(=NC)NCc1cccc(OCCN2CCOCC2)c1.I. The second-order valence-corrected chi connectivity index (χ2v) is 6.33. The first-order valence-electron chi connectivity index (χ1n) is 9.20. The smallest absolute Gasteiger partial charge is 0.191 e. The molecule has 0 amide bonds. The Morgan fingerprint density at radius 1 is 1.35 bits per heavy atom. The van der Waals surface area contributed by atoms with E-state index < -0.39 is 0 Å². The van der Waals surface area contributed by atoms with E-state index in [1.165, 1.54) is 5.56 Å². The van der Waals surface area contributed by atoms with E-state index in [0.29, 0.717) is 12.6 Å². The largest absolute Gasteiger partial charge is 0.492 e. The number of ether oxygens (including phenoxy) is 2. The topological polar surface area (TPSA) is 58.1 Å². The highest BCUT2D eigenvalue weighted by molar-refractivity contribution is 14.0. The lowest BCUT2D eigenvalue weighted by Gasteiger charge is -2.26. The van der Waals surface area contributed by atoms with Gasteiger partial charge in [-0.25, -0.2) is 0 Å². The Bertz CT molecular complexity index is 536. The first-order chi connectivity index (χ1) is 12.2. The van der Waals surface area contributed by atoms with E-state index in [1.807, 2.05) is 12.1 Å². The third-order valence-corrected chi connectivity index (χ3v) is 4.36. The second-order valence-electron chi connectivity index (χ2n) is 6.33. The Morgan fingerprint density at radius 3 is 2.81 bits per heavy atom. The second kappa shape index (κ2) is 13.2. The molecule has 1 unspecified atom stereocenters. The van der Waals surface area contributed by atoms with Gasteiger partial charge in [0.25, 0.3) is 0 Å². The maximum Gasteiger partial charge on any atom is 0.191 e. The summed E-state index contributed by atoms with van der Waals surface area (Å²) in [6, 6.07) is 8.63. The fourth-order valence-corrected chi connectivity index (χ4v) is 2.58. The third-order valence-electron chi connectivity index (χ3n) is 4.36. The molecule has 1 aliphatic heterocycles. The highest BCUT2D eigenvalue weighted by Crippen LogP contribution is 2.13. The van der Waals surface area contributed by atoms with E-state index in [1.54, 1.807) is 7.05 Å². The van der Waals surface area contributed by atoms with Crippen LogP contribution < -0.4 is 15.4 Å². The van der Waals surface area contributed by atoms with Crippen molar-refractivity contribution in [2.24, 2.45) is 4.99 Å². The van der Waals surface area contributed by atoms with E-state index in [2.05, 4.69) is 46.5 Å². The number of morpholine rings is 1. The average Bonchev–Trinajstić information content (AvgIpc) is 2.66. The number of hydrogen-bond donors (Lipinski definition) is 2. The van der Waals surface area contributed by atoms with Crippen molar-refractivity contribution >= 4 is 29.9 Å². The molecule has 2 N–H and O–H groups in total. The number of nitrogens with one attached hydrogen (secondary N) is 2. The molecule has 1 fully saturated rings. The van der Waals surface area contributed by atoms with E-state index in [-0.39, 0.29) is 24.0 Å². The van der Waals surface area contributed by atoms with E-state index in [4.69, 9.17) is 9.47 Å². The lowest BCUT2D eigenvalue weighted by atomic mass is 10.2. The van der Waals surface area contributed by atoms with Crippen molar-refractivity contribution in [2.75, 3.05) is 46.5 Å². The number of aliphatic imine (C=N–C) groups is 1. The van der Waals surface area contributed by atoms with Gasteiger partial charge in [0.05, 0.1) is 13.2 Å². The molecular weight excluding hydrogens is 443 g/mol. The zero-order valence-electron chi connectivity index (χ0n) is 16.2. The molecule has 0 spiro atoms. The van der Waals surface area contributed by atoms with Crippen LogP contribution in [0.25, 0.3) is 0 Å². The van der Waals surface area contributed by atoms with Gasteiger partial charge in [-0.05, 0) is 31.0 Å². The first-order valence-corrected chi connectivity index (χ1v) is 9.20. The van der Waals surface area contributed by atoms with Crippen molar-refractivity contribution in [3.63, 3.8) is 0 Å². The van der Waals surface area contributed by atoms with Crippen LogP contribution in [0, 0.1) is 0 Å². The summed E-state index contributed by atoms with van der Waals surface area (Å²) in [6.45, 7) is 10.3. The van der Waals surface area contributed by atoms with E-state index >= 15 is 0 Å². The molecule has 7 heteroatoms. The van der Waals surface area contributed by atoms with Gasteiger partial charge < -0.3 is 20.1 Å². The van der Waals surface area contributed by atoms with Crippen molar-refractivity contribution in [1.29, 1.82) is 0 Å². The molecule has 0 bridgehead atoms. The van der Waals surface area contributed by atoms with Crippen molar-refractivity contribution in [1.82, 2.24) is 15.5 Å². The summed E-state index contributed by atoms with van der Waals surface area (Å²) in [7, 11) is 1.79. The van der Waals surface area contributed by atoms with Crippen molar-refractivity contribution in [3.05, 3.63) is 29.8 Å². The molecule has 0 radical (unpaired) electrons. The highest BCUT2D eigenvalue weighted by Gasteiger charge is 2.10. The van der Waals surface area contributed by atoms with Crippen LogP contribution in [-0.2, 0) is 11.3 Å². The van der Waals surface area contributed by atoms with Crippen LogP contribution in [0.2, 0.25) is 0 Å². The Balaban J connectivity index is 0.00000338. The van der Waals surface area contributed by atoms with Crippen LogP contribution >= 0.6 is 24.0 Å². The van der Waals surface area contributed by atoms with Gasteiger partial charge >= 0.3 is 0 Å². The molecular formula is C19H33IN4O2. The standard InChI is InChI=1S/C19H32N4O2.HI/c1-4-16(2)22-19(20-3)21-15-17-6-5-7-18(14-17)25-13-10-23-8-11-24-12-9-23;/h5-7,14,16H,4,8-13,15H2,1-3H3,(H2,20,21,22);1H. The van der Waals surface area contributed by atoms with Gasteiger partial charge in [-0.1, -0.05) is 19.1 Å². The highest BCUT2D eigenvalue weighted by atomic mass is 127. The zero-order valence-corrected chi connectivity index (χ0v) is 18.5. The molecule has 1 aromatic rings. The molecule has 148 valence electrons. The molecule has 6 nitrogen and oxygen atoms in total. The minimum Gasteiger partial charge on any atom is -0.492 e. The summed E-state index contributed by atoms with van der Waals surface area (Å²) < 4.78 is 11.3. The number of hydrogen-bond acceptors (Lipinski definition) is 4. The number of rotatable bonds is 8. The van der Waals surface area contributed by atoms with Crippen LogP contribution in [0.1, 0.15) is 25.8 Å². The summed E-state index contributed by atoms with van der Waals surface area (Å²) >= 11 is 0. The Labute approximate surface area is 174 Å².